The molecular weight excluding hydrogens is 352 g/mol. The Morgan fingerprint density at radius 2 is 1.86 bits per heavy atom. The predicted molar refractivity (Wildman–Crippen MR) is 110 cm³/mol. The van der Waals surface area contributed by atoms with Crippen molar-refractivity contribution in [2.24, 2.45) is 0 Å². The Morgan fingerprint density at radius 1 is 1.18 bits per heavy atom. The van der Waals surface area contributed by atoms with E-state index in [-0.39, 0.29) is 23.9 Å². The molecule has 2 N–H and O–H groups in total. The summed E-state index contributed by atoms with van der Waals surface area (Å²) in [5.41, 5.74) is 3.62. The minimum atomic E-state index is -0.146. The van der Waals surface area contributed by atoms with Crippen LogP contribution in [0.15, 0.2) is 29.1 Å². The molecule has 1 aromatic heterocycles. The molecular formula is C22H30N4O2. The lowest BCUT2D eigenvalue weighted by atomic mass is 10.0. The second-order valence-electron chi connectivity index (χ2n) is 7.69. The van der Waals surface area contributed by atoms with Gasteiger partial charge in [0.05, 0.1) is 6.04 Å². The average Bonchev–Trinajstić information content (AvgIpc) is 3.17. The Kier molecular flexibility index (Phi) is 6.62. The highest BCUT2D eigenvalue weighted by molar-refractivity contribution is 5.76. The van der Waals surface area contributed by atoms with Crippen molar-refractivity contribution >= 4 is 5.91 Å². The van der Waals surface area contributed by atoms with Crippen LogP contribution in [0.2, 0.25) is 0 Å². The van der Waals surface area contributed by atoms with Gasteiger partial charge in [-0.1, -0.05) is 29.8 Å². The van der Waals surface area contributed by atoms with Crippen LogP contribution in [0.5, 0.6) is 0 Å². The maximum Gasteiger partial charge on any atom is 0.254 e. The first-order chi connectivity index (χ1) is 13.4. The number of aromatic amines is 1. The van der Waals surface area contributed by atoms with Crippen LogP contribution in [0.1, 0.15) is 53.5 Å². The lowest BCUT2D eigenvalue weighted by Crippen LogP contribution is -2.37. The fourth-order valence-electron chi connectivity index (χ4n) is 3.88. The van der Waals surface area contributed by atoms with Gasteiger partial charge < -0.3 is 10.3 Å². The number of hydrogen-bond donors (Lipinski definition) is 2. The van der Waals surface area contributed by atoms with Gasteiger partial charge in [-0.15, -0.1) is 0 Å². The summed E-state index contributed by atoms with van der Waals surface area (Å²) in [5.74, 6) is 0.568. The van der Waals surface area contributed by atoms with Gasteiger partial charge in [-0.05, 0) is 58.7 Å². The second-order valence-corrected chi connectivity index (χ2v) is 7.69. The van der Waals surface area contributed by atoms with E-state index in [2.05, 4.69) is 51.4 Å². The number of benzene rings is 1. The van der Waals surface area contributed by atoms with E-state index >= 15 is 0 Å². The van der Waals surface area contributed by atoms with Crippen LogP contribution in [0.25, 0.3) is 0 Å². The maximum atomic E-state index is 12.4. The van der Waals surface area contributed by atoms with E-state index in [1.165, 1.54) is 24.0 Å². The van der Waals surface area contributed by atoms with E-state index in [0.717, 1.165) is 13.1 Å². The Balaban J connectivity index is 1.60. The summed E-state index contributed by atoms with van der Waals surface area (Å²) in [4.78, 5) is 34.0. The van der Waals surface area contributed by atoms with E-state index in [1.54, 1.807) is 6.92 Å². The van der Waals surface area contributed by atoms with Crippen molar-refractivity contribution in [1.29, 1.82) is 0 Å². The van der Waals surface area contributed by atoms with Crippen LogP contribution >= 0.6 is 0 Å². The van der Waals surface area contributed by atoms with Crippen molar-refractivity contribution in [2.45, 2.75) is 52.5 Å². The Bertz CT molecular complexity index is 867. The number of carbonyl (C=O) groups excluding carboxylic acids is 1. The Morgan fingerprint density at radius 3 is 2.50 bits per heavy atom. The molecule has 0 spiro atoms. The number of carbonyl (C=O) groups is 1. The first kappa shape index (κ1) is 20.3. The van der Waals surface area contributed by atoms with Crippen LogP contribution < -0.4 is 10.9 Å². The fraction of sp³-hybridized carbons (Fsp3) is 0.500. The molecule has 150 valence electrons. The summed E-state index contributed by atoms with van der Waals surface area (Å²) < 4.78 is 0. The zero-order chi connectivity index (χ0) is 20.1. The number of rotatable bonds is 7. The van der Waals surface area contributed by atoms with Gasteiger partial charge >= 0.3 is 0 Å². The molecule has 0 aliphatic carbocycles. The van der Waals surface area contributed by atoms with Crippen molar-refractivity contribution in [3.05, 3.63) is 62.8 Å². The first-order valence-corrected chi connectivity index (χ1v) is 10.1. The molecule has 0 bridgehead atoms. The molecule has 6 heteroatoms. The SMILES string of the molecule is Cc1ccc(C(CNC(=O)CCc2c(C)nc(C)[nH]c2=O)N2CCCC2)cc1. The van der Waals surface area contributed by atoms with Crippen molar-refractivity contribution in [1.82, 2.24) is 20.2 Å². The van der Waals surface area contributed by atoms with Crippen molar-refractivity contribution in [3.8, 4) is 0 Å². The van der Waals surface area contributed by atoms with E-state index in [1.807, 2.05) is 6.92 Å². The van der Waals surface area contributed by atoms with E-state index in [9.17, 15) is 9.59 Å². The molecule has 1 fully saturated rings. The number of H-pyrrole nitrogens is 1. The molecule has 1 amide bonds. The largest absolute Gasteiger partial charge is 0.354 e. The number of nitrogens with one attached hydrogen (secondary N) is 2. The molecule has 28 heavy (non-hydrogen) atoms. The van der Waals surface area contributed by atoms with Crippen molar-refractivity contribution < 1.29 is 4.79 Å². The standard InChI is InChI=1S/C22H30N4O2/c1-15-6-8-18(9-7-15)20(26-12-4-5-13-26)14-23-21(27)11-10-19-16(2)24-17(3)25-22(19)28/h6-9,20H,4-5,10-14H2,1-3H3,(H,23,27)(H,24,25,28). The summed E-state index contributed by atoms with van der Waals surface area (Å²) in [6.07, 6.45) is 3.10. The summed E-state index contributed by atoms with van der Waals surface area (Å²) in [7, 11) is 0. The lowest BCUT2D eigenvalue weighted by molar-refractivity contribution is -0.121. The highest BCUT2D eigenvalue weighted by Crippen LogP contribution is 2.25. The second kappa shape index (κ2) is 9.15. The molecule has 1 unspecified atom stereocenters. The molecule has 2 heterocycles. The molecule has 6 nitrogen and oxygen atoms in total. The summed E-state index contributed by atoms with van der Waals surface area (Å²) in [6, 6.07) is 8.76. The zero-order valence-corrected chi connectivity index (χ0v) is 17.0. The van der Waals surface area contributed by atoms with Crippen LogP contribution in [-0.4, -0.2) is 40.4 Å². The van der Waals surface area contributed by atoms with Gasteiger partial charge in [-0.3, -0.25) is 14.5 Å². The zero-order valence-electron chi connectivity index (χ0n) is 17.0. The van der Waals surface area contributed by atoms with Gasteiger partial charge in [-0.25, -0.2) is 4.98 Å². The third-order valence-electron chi connectivity index (χ3n) is 5.48. The van der Waals surface area contributed by atoms with Crippen LogP contribution in [0.3, 0.4) is 0 Å². The number of aryl methyl sites for hydroxylation is 3. The number of aromatic nitrogens is 2. The highest BCUT2D eigenvalue weighted by Gasteiger charge is 2.24. The summed E-state index contributed by atoms with van der Waals surface area (Å²) in [5, 5.41) is 3.08. The number of hydrogen-bond acceptors (Lipinski definition) is 4. The minimum Gasteiger partial charge on any atom is -0.354 e. The first-order valence-electron chi connectivity index (χ1n) is 10.1. The molecule has 0 saturated carbocycles. The molecule has 1 aliphatic heterocycles. The minimum absolute atomic E-state index is 0.0318. The van der Waals surface area contributed by atoms with E-state index in [0.29, 0.717) is 30.0 Å². The number of amides is 1. The molecule has 1 atom stereocenters. The average molecular weight is 383 g/mol. The normalized spacial score (nSPS) is 15.5. The van der Waals surface area contributed by atoms with E-state index < -0.39 is 0 Å². The van der Waals surface area contributed by atoms with Crippen LogP contribution in [0, 0.1) is 20.8 Å². The summed E-state index contributed by atoms with van der Waals surface area (Å²) >= 11 is 0. The van der Waals surface area contributed by atoms with Crippen LogP contribution in [-0.2, 0) is 11.2 Å². The van der Waals surface area contributed by atoms with Gasteiger partial charge in [0.1, 0.15) is 5.82 Å². The summed E-state index contributed by atoms with van der Waals surface area (Å²) in [6.45, 7) is 8.38. The van der Waals surface area contributed by atoms with Crippen molar-refractivity contribution in [3.63, 3.8) is 0 Å². The molecule has 0 radical (unpaired) electrons. The predicted octanol–water partition coefficient (Wildman–Crippen LogP) is 2.58. The maximum absolute atomic E-state index is 12.4. The topological polar surface area (TPSA) is 78.1 Å². The molecule has 3 rings (SSSR count). The van der Waals surface area contributed by atoms with Gasteiger partial charge in [0.15, 0.2) is 0 Å². The van der Waals surface area contributed by atoms with Gasteiger partial charge in [0.2, 0.25) is 5.91 Å². The third kappa shape index (κ3) is 5.07. The molecule has 1 aliphatic rings. The van der Waals surface area contributed by atoms with E-state index in [4.69, 9.17) is 0 Å². The van der Waals surface area contributed by atoms with Crippen LogP contribution in [0.4, 0.5) is 0 Å². The van der Waals surface area contributed by atoms with Gasteiger partial charge in [0.25, 0.3) is 5.56 Å². The monoisotopic (exact) mass is 382 g/mol. The molecule has 1 aromatic carbocycles. The molecule has 2 aromatic rings. The Hall–Kier alpha value is -2.47. The smallest absolute Gasteiger partial charge is 0.254 e. The lowest BCUT2D eigenvalue weighted by Gasteiger charge is -2.28. The van der Waals surface area contributed by atoms with Gasteiger partial charge in [-0.2, -0.15) is 0 Å². The fourth-order valence-corrected chi connectivity index (χ4v) is 3.88. The van der Waals surface area contributed by atoms with Gasteiger partial charge in [0, 0.05) is 24.2 Å². The Labute approximate surface area is 166 Å². The third-order valence-corrected chi connectivity index (χ3v) is 5.48. The highest BCUT2D eigenvalue weighted by atomic mass is 16.1. The van der Waals surface area contributed by atoms with Crippen molar-refractivity contribution in [2.75, 3.05) is 19.6 Å². The quantitative estimate of drug-likeness (QED) is 0.772. The number of likely N-dealkylation sites (tertiary alicyclic amines) is 1. The number of nitrogens with zero attached hydrogens (tertiary/aromatic N) is 2. The molecule has 1 saturated heterocycles.